The van der Waals surface area contributed by atoms with E-state index in [0.717, 1.165) is 11.3 Å². The molecule has 0 N–H and O–H groups in total. The molecule has 0 aliphatic carbocycles. The standard InChI is InChI=1S/C22H21NO2S2/c1-16(14-17-12-13-18-8-6-7-9-19(18)15-17)21(24)25-23(22(26)27-2)20-10-4-3-5-11-20/h3-13,15-16H,14H2,1-2H3. The summed E-state index contributed by atoms with van der Waals surface area (Å²) in [7, 11) is 0. The molecular weight excluding hydrogens is 374 g/mol. The summed E-state index contributed by atoms with van der Waals surface area (Å²) in [4.78, 5) is 18.3. The Morgan fingerprint density at radius 1 is 1.04 bits per heavy atom. The van der Waals surface area contributed by atoms with Crippen LogP contribution in [0.4, 0.5) is 5.69 Å². The lowest BCUT2D eigenvalue weighted by Gasteiger charge is -2.24. The largest absolute Gasteiger partial charge is 0.336 e. The minimum atomic E-state index is -0.302. The number of hydrogen-bond acceptors (Lipinski definition) is 4. The molecule has 1 atom stereocenters. The number of hydrogen-bond donors (Lipinski definition) is 0. The number of thioether (sulfide) groups is 1. The van der Waals surface area contributed by atoms with E-state index in [1.807, 2.05) is 55.6 Å². The minimum absolute atomic E-state index is 0.290. The Morgan fingerprint density at radius 3 is 2.41 bits per heavy atom. The lowest BCUT2D eigenvalue weighted by atomic mass is 9.98. The molecule has 0 radical (unpaired) electrons. The van der Waals surface area contributed by atoms with Crippen molar-refractivity contribution in [3.63, 3.8) is 0 Å². The van der Waals surface area contributed by atoms with E-state index in [0.29, 0.717) is 10.7 Å². The normalized spacial score (nSPS) is 11.8. The highest BCUT2D eigenvalue weighted by atomic mass is 32.2. The third-order valence-electron chi connectivity index (χ3n) is 4.27. The van der Waals surface area contributed by atoms with E-state index in [2.05, 4.69) is 30.3 Å². The number of rotatable bonds is 4. The predicted octanol–water partition coefficient (Wildman–Crippen LogP) is 5.63. The molecule has 0 bridgehead atoms. The summed E-state index contributed by atoms with van der Waals surface area (Å²) in [6.45, 7) is 1.88. The maximum absolute atomic E-state index is 12.7. The number of carbonyl (C=O) groups is 1. The summed E-state index contributed by atoms with van der Waals surface area (Å²) >= 11 is 6.72. The van der Waals surface area contributed by atoms with Gasteiger partial charge in [0, 0.05) is 0 Å². The molecular formula is C22H21NO2S2. The smallest absolute Gasteiger partial charge is 0.334 e. The number of benzene rings is 3. The van der Waals surface area contributed by atoms with Gasteiger partial charge in [0.1, 0.15) is 0 Å². The Bertz CT molecular complexity index is 943. The molecule has 0 aliphatic heterocycles. The van der Waals surface area contributed by atoms with E-state index < -0.39 is 0 Å². The van der Waals surface area contributed by atoms with Crippen molar-refractivity contribution in [3.05, 3.63) is 78.4 Å². The second kappa shape index (κ2) is 9.02. The Balaban J connectivity index is 1.72. The van der Waals surface area contributed by atoms with Crippen molar-refractivity contribution in [1.29, 1.82) is 0 Å². The van der Waals surface area contributed by atoms with Gasteiger partial charge >= 0.3 is 5.97 Å². The molecule has 0 spiro atoms. The SMILES string of the molecule is CSC(=S)N(OC(=O)C(C)Cc1ccc2ccccc2c1)c1ccccc1. The van der Waals surface area contributed by atoms with Crippen molar-refractivity contribution in [3.8, 4) is 0 Å². The van der Waals surface area contributed by atoms with Crippen molar-refractivity contribution in [2.75, 3.05) is 11.3 Å². The van der Waals surface area contributed by atoms with Crippen molar-refractivity contribution in [2.45, 2.75) is 13.3 Å². The zero-order valence-electron chi connectivity index (χ0n) is 15.3. The molecule has 0 saturated heterocycles. The van der Waals surface area contributed by atoms with Crippen LogP contribution in [-0.4, -0.2) is 16.5 Å². The van der Waals surface area contributed by atoms with E-state index in [1.165, 1.54) is 27.6 Å². The lowest BCUT2D eigenvalue weighted by Crippen LogP contribution is -2.33. The molecule has 3 aromatic rings. The number of nitrogens with zero attached hydrogens (tertiary/aromatic N) is 1. The summed E-state index contributed by atoms with van der Waals surface area (Å²) in [6.07, 6.45) is 2.48. The van der Waals surface area contributed by atoms with Gasteiger partial charge < -0.3 is 4.84 Å². The first-order valence-corrected chi connectivity index (χ1v) is 10.3. The van der Waals surface area contributed by atoms with Crippen LogP contribution in [0.25, 0.3) is 10.8 Å². The van der Waals surface area contributed by atoms with Gasteiger partial charge in [0.15, 0.2) is 4.32 Å². The van der Waals surface area contributed by atoms with E-state index in [9.17, 15) is 4.79 Å². The summed E-state index contributed by atoms with van der Waals surface area (Å²) in [5.41, 5.74) is 1.85. The Kier molecular flexibility index (Phi) is 6.48. The van der Waals surface area contributed by atoms with Crippen LogP contribution in [0.1, 0.15) is 12.5 Å². The van der Waals surface area contributed by atoms with Gasteiger partial charge in [-0.25, -0.2) is 4.79 Å². The van der Waals surface area contributed by atoms with Gasteiger partial charge in [-0.2, -0.15) is 5.06 Å². The first-order valence-electron chi connectivity index (χ1n) is 8.71. The van der Waals surface area contributed by atoms with Crippen LogP contribution in [0.3, 0.4) is 0 Å². The molecule has 5 heteroatoms. The molecule has 3 rings (SSSR count). The van der Waals surface area contributed by atoms with E-state index in [1.54, 1.807) is 0 Å². The van der Waals surface area contributed by atoms with E-state index in [-0.39, 0.29) is 11.9 Å². The molecule has 0 aliphatic rings. The fourth-order valence-corrected chi connectivity index (χ4v) is 3.28. The number of fused-ring (bicyclic) bond motifs is 1. The van der Waals surface area contributed by atoms with Gasteiger partial charge in [-0.05, 0) is 53.4 Å². The van der Waals surface area contributed by atoms with Gasteiger partial charge in [-0.15, -0.1) is 0 Å². The van der Waals surface area contributed by atoms with Gasteiger partial charge in [-0.3, -0.25) is 0 Å². The van der Waals surface area contributed by atoms with Gasteiger partial charge in [0.2, 0.25) is 0 Å². The highest BCUT2D eigenvalue weighted by Gasteiger charge is 2.22. The zero-order chi connectivity index (χ0) is 19.2. The molecule has 0 heterocycles. The van der Waals surface area contributed by atoms with Gasteiger partial charge in [-0.1, -0.05) is 79.3 Å². The fourth-order valence-electron chi connectivity index (χ4n) is 2.82. The number of anilines is 1. The Hall–Kier alpha value is -2.37. The highest BCUT2D eigenvalue weighted by Crippen LogP contribution is 2.22. The molecule has 3 nitrogen and oxygen atoms in total. The average molecular weight is 396 g/mol. The fraction of sp³-hybridized carbons (Fsp3) is 0.182. The summed E-state index contributed by atoms with van der Waals surface area (Å²) in [6, 6.07) is 23.9. The molecule has 138 valence electrons. The maximum atomic E-state index is 12.7. The third-order valence-corrected chi connectivity index (χ3v) is 5.45. The van der Waals surface area contributed by atoms with Crippen LogP contribution < -0.4 is 5.06 Å². The van der Waals surface area contributed by atoms with Crippen LogP contribution in [0.5, 0.6) is 0 Å². The number of thiocarbonyl (C=S) groups is 1. The second-order valence-electron chi connectivity index (χ2n) is 6.30. The molecule has 0 fully saturated rings. The van der Waals surface area contributed by atoms with Gasteiger partial charge in [0.05, 0.1) is 11.6 Å². The lowest BCUT2D eigenvalue weighted by molar-refractivity contribution is -0.147. The summed E-state index contributed by atoms with van der Waals surface area (Å²) in [5, 5.41) is 3.79. The van der Waals surface area contributed by atoms with Gasteiger partial charge in [0.25, 0.3) is 0 Å². The first kappa shape index (κ1) is 19.4. The molecule has 27 heavy (non-hydrogen) atoms. The second-order valence-corrected chi connectivity index (χ2v) is 7.74. The van der Waals surface area contributed by atoms with E-state index in [4.69, 9.17) is 17.1 Å². The molecule has 0 amide bonds. The summed E-state index contributed by atoms with van der Waals surface area (Å²) < 4.78 is 0.493. The minimum Gasteiger partial charge on any atom is -0.334 e. The number of carbonyl (C=O) groups excluding carboxylic acids is 1. The van der Waals surface area contributed by atoms with Crippen molar-refractivity contribution < 1.29 is 9.63 Å². The van der Waals surface area contributed by atoms with E-state index >= 15 is 0 Å². The first-order chi connectivity index (χ1) is 13.1. The quantitative estimate of drug-likeness (QED) is 0.422. The Morgan fingerprint density at radius 2 is 1.70 bits per heavy atom. The molecule has 3 aromatic carbocycles. The molecule has 0 aromatic heterocycles. The van der Waals surface area contributed by atoms with Crippen molar-refractivity contribution >= 4 is 50.7 Å². The van der Waals surface area contributed by atoms with Crippen molar-refractivity contribution in [1.82, 2.24) is 0 Å². The number of hydroxylamine groups is 1. The topological polar surface area (TPSA) is 29.5 Å². The zero-order valence-corrected chi connectivity index (χ0v) is 16.9. The third kappa shape index (κ3) is 4.87. The average Bonchev–Trinajstić information content (AvgIpc) is 2.71. The monoisotopic (exact) mass is 395 g/mol. The highest BCUT2D eigenvalue weighted by molar-refractivity contribution is 8.22. The van der Waals surface area contributed by atoms with Crippen LogP contribution in [0, 0.1) is 5.92 Å². The summed E-state index contributed by atoms with van der Waals surface area (Å²) in [5.74, 6) is -0.592. The molecule has 0 saturated carbocycles. The van der Waals surface area contributed by atoms with Crippen LogP contribution in [0.15, 0.2) is 72.8 Å². The van der Waals surface area contributed by atoms with Crippen LogP contribution >= 0.6 is 24.0 Å². The Labute approximate surface area is 169 Å². The molecule has 1 unspecified atom stereocenters. The maximum Gasteiger partial charge on any atom is 0.336 e. The van der Waals surface area contributed by atoms with Crippen LogP contribution in [0.2, 0.25) is 0 Å². The van der Waals surface area contributed by atoms with Crippen molar-refractivity contribution in [2.24, 2.45) is 5.92 Å². The predicted molar refractivity (Wildman–Crippen MR) is 118 cm³/mol. The number of para-hydroxylation sites is 1. The van der Waals surface area contributed by atoms with Crippen LogP contribution in [-0.2, 0) is 16.1 Å².